The van der Waals surface area contributed by atoms with Crippen molar-refractivity contribution in [2.45, 2.75) is 51.4 Å². The van der Waals surface area contributed by atoms with Gasteiger partial charge in [-0.15, -0.1) is 0 Å². The molecule has 0 bridgehead atoms. The summed E-state index contributed by atoms with van der Waals surface area (Å²) < 4.78 is 14.4. The summed E-state index contributed by atoms with van der Waals surface area (Å²) in [6.07, 6.45) is 1.76. The molecule has 0 saturated heterocycles. The number of carboxylic acids is 1. The lowest BCUT2D eigenvalue weighted by Gasteiger charge is -2.20. The smallest absolute Gasteiger partial charge is 0.451 e. The van der Waals surface area contributed by atoms with E-state index in [-0.39, 0.29) is 24.0 Å². The molecule has 3 unspecified atom stereocenters. The third kappa shape index (κ3) is 3.96. The first-order valence-corrected chi connectivity index (χ1v) is 8.39. The fourth-order valence-electron chi connectivity index (χ4n) is 3.55. The Morgan fingerprint density at radius 3 is 2.62 bits per heavy atom. The number of rotatable bonds is 7. The predicted molar refractivity (Wildman–Crippen MR) is 90.0 cm³/mol. The van der Waals surface area contributed by atoms with E-state index < -0.39 is 25.0 Å². The average molecular weight is 337 g/mol. The van der Waals surface area contributed by atoms with Crippen molar-refractivity contribution in [3.63, 3.8) is 0 Å². The summed E-state index contributed by atoms with van der Waals surface area (Å²) in [4.78, 5) is 11.7. The maximum Gasteiger partial charge on any atom is 0.451 e. The lowest BCUT2D eigenvalue weighted by molar-refractivity contribution is -0.139. The van der Waals surface area contributed by atoms with Gasteiger partial charge in [0.1, 0.15) is 5.82 Å². The Kier molecular flexibility index (Phi) is 6.01. The molecule has 0 saturated carbocycles. The minimum Gasteiger partial charge on any atom is -0.481 e. The summed E-state index contributed by atoms with van der Waals surface area (Å²) in [7, 11) is -1.38. The Hall–Kier alpha value is -1.44. The predicted octanol–water partition coefficient (Wildman–Crippen LogP) is 2.07. The third-order valence-corrected chi connectivity index (χ3v) is 4.93. The second kappa shape index (κ2) is 7.63. The lowest BCUT2D eigenvalue weighted by Crippen LogP contribution is -2.20. The highest BCUT2D eigenvalue weighted by Gasteiger charge is 2.38. The Balaban J connectivity index is 2.29. The van der Waals surface area contributed by atoms with E-state index in [1.54, 1.807) is 6.07 Å². The molecular weight excluding hydrogens is 312 g/mol. The Morgan fingerprint density at radius 2 is 2.08 bits per heavy atom. The minimum atomic E-state index is -1.38. The summed E-state index contributed by atoms with van der Waals surface area (Å²) in [5.74, 6) is -2.13. The van der Waals surface area contributed by atoms with Crippen LogP contribution < -0.4 is 5.73 Å². The van der Waals surface area contributed by atoms with Crippen LogP contribution in [0.1, 0.15) is 55.3 Å². The molecule has 0 fully saturated rings. The van der Waals surface area contributed by atoms with Gasteiger partial charge in [0.05, 0.1) is 5.92 Å². The maximum absolute atomic E-state index is 14.4. The highest BCUT2D eigenvalue weighted by atomic mass is 19.1. The summed E-state index contributed by atoms with van der Waals surface area (Å²) in [6, 6.07) is 2.56. The van der Waals surface area contributed by atoms with Gasteiger partial charge in [0.15, 0.2) is 0 Å². The molecule has 7 heteroatoms. The van der Waals surface area contributed by atoms with Crippen LogP contribution in [0.4, 0.5) is 4.39 Å². The molecule has 0 spiro atoms. The maximum atomic E-state index is 14.4. The van der Waals surface area contributed by atoms with Crippen molar-refractivity contribution in [2.24, 2.45) is 17.6 Å². The second-order valence-corrected chi connectivity index (χ2v) is 7.03. The first-order valence-electron chi connectivity index (χ1n) is 8.39. The van der Waals surface area contributed by atoms with Gasteiger partial charge in [-0.05, 0) is 48.2 Å². The second-order valence-electron chi connectivity index (χ2n) is 7.03. The molecule has 0 heterocycles. The zero-order valence-electron chi connectivity index (χ0n) is 14.1. The van der Waals surface area contributed by atoms with Crippen molar-refractivity contribution in [3.05, 3.63) is 34.6 Å². The van der Waals surface area contributed by atoms with Crippen molar-refractivity contribution in [2.75, 3.05) is 0 Å². The van der Waals surface area contributed by atoms with Gasteiger partial charge in [0.25, 0.3) is 0 Å². The molecule has 3 atom stereocenters. The van der Waals surface area contributed by atoms with E-state index in [1.807, 2.05) is 13.8 Å². The quantitative estimate of drug-likeness (QED) is 0.570. The van der Waals surface area contributed by atoms with Crippen LogP contribution in [0.2, 0.25) is 6.32 Å². The van der Waals surface area contributed by atoms with Crippen molar-refractivity contribution in [1.82, 2.24) is 0 Å². The van der Waals surface area contributed by atoms with Crippen molar-refractivity contribution in [3.8, 4) is 0 Å². The Labute approximate surface area is 141 Å². The Bertz CT molecular complexity index is 608. The van der Waals surface area contributed by atoms with Crippen LogP contribution in [0, 0.1) is 17.7 Å². The van der Waals surface area contributed by atoms with Crippen LogP contribution in [-0.4, -0.2) is 28.2 Å². The van der Waals surface area contributed by atoms with E-state index in [2.05, 4.69) is 0 Å². The number of carbonyl (C=O) groups is 1. The van der Waals surface area contributed by atoms with E-state index in [9.17, 15) is 14.3 Å². The number of fused-ring (bicyclic) bond motifs is 1. The molecule has 1 aliphatic rings. The van der Waals surface area contributed by atoms with Crippen LogP contribution in [0.25, 0.3) is 0 Å². The normalized spacial score (nSPS) is 21.0. The van der Waals surface area contributed by atoms with Gasteiger partial charge in [0, 0.05) is 11.6 Å². The molecule has 0 radical (unpaired) electrons. The van der Waals surface area contributed by atoms with Crippen LogP contribution in [0.3, 0.4) is 0 Å². The summed E-state index contributed by atoms with van der Waals surface area (Å²) in [5, 5.41) is 27.5. The van der Waals surface area contributed by atoms with E-state index in [1.165, 1.54) is 6.07 Å². The number of hydrogen-bond donors (Lipinski definition) is 4. The number of benzene rings is 1. The van der Waals surface area contributed by atoms with Crippen molar-refractivity contribution < 1.29 is 24.3 Å². The zero-order valence-corrected chi connectivity index (χ0v) is 14.1. The van der Waals surface area contributed by atoms with Gasteiger partial charge >= 0.3 is 13.1 Å². The van der Waals surface area contributed by atoms with E-state index in [0.29, 0.717) is 36.0 Å². The lowest BCUT2D eigenvalue weighted by atomic mass is 9.80. The van der Waals surface area contributed by atoms with Crippen LogP contribution >= 0.6 is 0 Å². The molecule has 5 N–H and O–H groups in total. The number of aliphatic carboxylic acids is 1. The van der Waals surface area contributed by atoms with Crippen molar-refractivity contribution >= 4 is 13.1 Å². The minimum absolute atomic E-state index is 0.0454. The fraction of sp³-hybridized carbons (Fsp3) is 0.588. The first-order chi connectivity index (χ1) is 11.2. The van der Waals surface area contributed by atoms with E-state index >= 15 is 0 Å². The molecule has 1 aromatic carbocycles. The SMILES string of the molecule is CC(C)C(N)c1cc2c(cc1F)CC(CCCB(O)O)C2C(=O)O. The number of halogens is 1. The van der Waals surface area contributed by atoms with Crippen molar-refractivity contribution in [1.29, 1.82) is 0 Å². The van der Waals surface area contributed by atoms with Gasteiger partial charge in [0.2, 0.25) is 0 Å². The molecule has 24 heavy (non-hydrogen) atoms. The number of hydrogen-bond acceptors (Lipinski definition) is 4. The van der Waals surface area contributed by atoms with Gasteiger partial charge in [-0.25, -0.2) is 4.39 Å². The molecule has 1 aliphatic carbocycles. The average Bonchev–Trinajstić information content (AvgIpc) is 2.82. The summed E-state index contributed by atoms with van der Waals surface area (Å²) in [5.41, 5.74) is 7.78. The molecular formula is C17H25BFNO4. The molecule has 5 nitrogen and oxygen atoms in total. The highest BCUT2D eigenvalue weighted by Crippen LogP contribution is 2.42. The van der Waals surface area contributed by atoms with E-state index in [0.717, 1.165) is 0 Å². The summed E-state index contributed by atoms with van der Waals surface area (Å²) >= 11 is 0. The first kappa shape index (κ1) is 18.9. The third-order valence-electron chi connectivity index (χ3n) is 4.93. The van der Waals surface area contributed by atoms with Crippen LogP contribution in [0.5, 0.6) is 0 Å². The number of carboxylic acid groups (broad SMARTS) is 1. The van der Waals surface area contributed by atoms with Gasteiger partial charge < -0.3 is 20.9 Å². The standard InChI is InChI=1S/C17H25BFNO4/c1-9(2)16(20)13-8-12-11(7-14(13)19)6-10(15(12)17(21)22)4-3-5-18(23)24/h7-10,15-16,23-24H,3-6,20H2,1-2H3,(H,21,22). The van der Waals surface area contributed by atoms with Crippen LogP contribution in [-0.2, 0) is 11.2 Å². The molecule has 1 aromatic rings. The van der Waals surface area contributed by atoms with Gasteiger partial charge in [-0.2, -0.15) is 0 Å². The van der Waals surface area contributed by atoms with Crippen LogP contribution in [0.15, 0.2) is 12.1 Å². The summed E-state index contributed by atoms with van der Waals surface area (Å²) in [6.45, 7) is 3.80. The highest BCUT2D eigenvalue weighted by molar-refractivity contribution is 6.40. The topological polar surface area (TPSA) is 104 Å². The molecule has 132 valence electrons. The molecule has 0 aliphatic heterocycles. The van der Waals surface area contributed by atoms with E-state index in [4.69, 9.17) is 15.8 Å². The number of nitrogens with two attached hydrogens (primary N) is 1. The monoisotopic (exact) mass is 337 g/mol. The molecule has 0 amide bonds. The molecule has 2 rings (SSSR count). The zero-order chi connectivity index (χ0) is 18.0. The van der Waals surface area contributed by atoms with Gasteiger partial charge in [-0.1, -0.05) is 26.3 Å². The largest absolute Gasteiger partial charge is 0.481 e. The van der Waals surface area contributed by atoms with Gasteiger partial charge in [-0.3, -0.25) is 4.79 Å². The molecule has 0 aromatic heterocycles. The fourth-order valence-corrected chi connectivity index (χ4v) is 3.55. The Morgan fingerprint density at radius 1 is 1.42 bits per heavy atom.